The molecule has 0 saturated heterocycles. The highest BCUT2D eigenvalue weighted by molar-refractivity contribution is 6.13. The van der Waals surface area contributed by atoms with Crippen LogP contribution in [0.25, 0.3) is 24.3 Å². The molecule has 0 fully saturated rings. The van der Waals surface area contributed by atoms with Gasteiger partial charge in [-0.3, -0.25) is 4.79 Å². The van der Waals surface area contributed by atoms with E-state index in [9.17, 15) is 4.79 Å². The van der Waals surface area contributed by atoms with Crippen LogP contribution < -0.4 is 0 Å². The molecule has 0 aromatic heterocycles. The summed E-state index contributed by atoms with van der Waals surface area (Å²) in [6, 6.07) is 11.2. The van der Waals surface area contributed by atoms with Gasteiger partial charge in [0.1, 0.15) is 0 Å². The van der Waals surface area contributed by atoms with Gasteiger partial charge in [0.2, 0.25) is 0 Å². The number of carbonyl (C=O) groups excluding carboxylic acids is 1. The van der Waals surface area contributed by atoms with Crippen molar-refractivity contribution in [3.63, 3.8) is 0 Å². The molecule has 0 radical (unpaired) electrons. The lowest BCUT2D eigenvalue weighted by atomic mass is 9.90. The molecule has 0 spiro atoms. The Hall–Kier alpha value is -3.19. The molecule has 0 heterocycles. The van der Waals surface area contributed by atoms with Crippen LogP contribution in [0.15, 0.2) is 74.9 Å². The standard InChI is InChI=1S/C23H20O/c1-5-9-12-18-14-11-16-22(20(18)8-4)23(24)21-15-10-13-17(6-2)19(21)7-3/h5-16H,1-4H2/b12-9-. The smallest absolute Gasteiger partial charge is 0.194 e. The minimum atomic E-state index is -0.0580. The van der Waals surface area contributed by atoms with E-state index in [0.29, 0.717) is 11.1 Å². The fourth-order valence-electron chi connectivity index (χ4n) is 2.66. The Morgan fingerprint density at radius 3 is 1.79 bits per heavy atom. The molecule has 2 aromatic carbocycles. The molecular weight excluding hydrogens is 292 g/mol. The predicted molar refractivity (Wildman–Crippen MR) is 106 cm³/mol. The Labute approximate surface area is 143 Å². The van der Waals surface area contributed by atoms with Gasteiger partial charge in [-0.05, 0) is 22.3 Å². The van der Waals surface area contributed by atoms with Crippen molar-refractivity contribution in [2.75, 3.05) is 0 Å². The molecule has 118 valence electrons. The molecule has 1 nitrogen and oxygen atoms in total. The monoisotopic (exact) mass is 312 g/mol. The average molecular weight is 312 g/mol. The summed E-state index contributed by atoms with van der Waals surface area (Å²) >= 11 is 0. The summed E-state index contributed by atoms with van der Waals surface area (Å²) in [5, 5.41) is 0. The fraction of sp³-hybridized carbons (Fsp3) is 0. The fourth-order valence-corrected chi connectivity index (χ4v) is 2.66. The first-order valence-corrected chi connectivity index (χ1v) is 7.65. The van der Waals surface area contributed by atoms with Crippen molar-refractivity contribution in [1.29, 1.82) is 0 Å². The molecule has 0 N–H and O–H groups in total. The summed E-state index contributed by atoms with van der Waals surface area (Å²) in [6.07, 6.45) is 10.6. The minimum absolute atomic E-state index is 0.0580. The number of ketones is 1. The van der Waals surface area contributed by atoms with Crippen molar-refractivity contribution < 1.29 is 4.79 Å². The summed E-state index contributed by atoms with van der Waals surface area (Å²) in [7, 11) is 0. The largest absolute Gasteiger partial charge is 0.289 e. The third-order valence-corrected chi connectivity index (χ3v) is 3.81. The van der Waals surface area contributed by atoms with Crippen molar-refractivity contribution in [2.45, 2.75) is 0 Å². The van der Waals surface area contributed by atoms with Gasteiger partial charge in [0.15, 0.2) is 5.78 Å². The zero-order chi connectivity index (χ0) is 17.5. The average Bonchev–Trinajstić information content (AvgIpc) is 2.64. The van der Waals surface area contributed by atoms with Gasteiger partial charge < -0.3 is 0 Å². The second-order valence-corrected chi connectivity index (χ2v) is 5.15. The van der Waals surface area contributed by atoms with Gasteiger partial charge >= 0.3 is 0 Å². The van der Waals surface area contributed by atoms with E-state index in [-0.39, 0.29) is 5.78 Å². The van der Waals surface area contributed by atoms with Gasteiger partial charge in [0, 0.05) is 11.1 Å². The van der Waals surface area contributed by atoms with Gasteiger partial charge in [-0.1, -0.05) is 99.2 Å². The molecular formula is C23H20O. The molecule has 0 aliphatic rings. The van der Waals surface area contributed by atoms with Crippen LogP contribution >= 0.6 is 0 Å². The Balaban J connectivity index is 2.65. The summed E-state index contributed by atoms with van der Waals surface area (Å²) < 4.78 is 0. The molecule has 0 atom stereocenters. The number of carbonyl (C=O) groups is 1. The number of allylic oxidation sites excluding steroid dienone is 2. The van der Waals surface area contributed by atoms with Crippen molar-refractivity contribution >= 4 is 30.1 Å². The van der Waals surface area contributed by atoms with Crippen molar-refractivity contribution in [3.8, 4) is 0 Å². The van der Waals surface area contributed by atoms with Crippen LogP contribution in [0.4, 0.5) is 0 Å². The Morgan fingerprint density at radius 1 is 0.750 bits per heavy atom. The molecule has 0 bridgehead atoms. The Morgan fingerprint density at radius 2 is 1.29 bits per heavy atom. The van der Waals surface area contributed by atoms with Crippen LogP contribution in [0.3, 0.4) is 0 Å². The van der Waals surface area contributed by atoms with Crippen LogP contribution in [0.1, 0.15) is 38.2 Å². The van der Waals surface area contributed by atoms with E-state index in [1.165, 1.54) is 0 Å². The topological polar surface area (TPSA) is 17.1 Å². The van der Waals surface area contributed by atoms with Gasteiger partial charge in [0.05, 0.1) is 0 Å². The van der Waals surface area contributed by atoms with Gasteiger partial charge in [-0.25, -0.2) is 0 Å². The molecule has 0 aliphatic heterocycles. The van der Waals surface area contributed by atoms with E-state index in [2.05, 4.69) is 26.3 Å². The number of hydrogen-bond acceptors (Lipinski definition) is 1. The highest BCUT2D eigenvalue weighted by atomic mass is 16.1. The van der Waals surface area contributed by atoms with E-state index in [0.717, 1.165) is 22.3 Å². The van der Waals surface area contributed by atoms with Gasteiger partial charge in [-0.15, -0.1) is 0 Å². The van der Waals surface area contributed by atoms with E-state index in [4.69, 9.17) is 0 Å². The maximum absolute atomic E-state index is 13.1. The van der Waals surface area contributed by atoms with Crippen LogP contribution in [0, 0.1) is 0 Å². The molecule has 0 aliphatic carbocycles. The van der Waals surface area contributed by atoms with Crippen LogP contribution in [-0.2, 0) is 0 Å². The predicted octanol–water partition coefficient (Wildman–Crippen LogP) is 6.05. The van der Waals surface area contributed by atoms with Crippen LogP contribution in [0.5, 0.6) is 0 Å². The zero-order valence-corrected chi connectivity index (χ0v) is 13.7. The van der Waals surface area contributed by atoms with E-state index in [1.54, 1.807) is 24.3 Å². The first-order valence-electron chi connectivity index (χ1n) is 7.65. The second-order valence-electron chi connectivity index (χ2n) is 5.15. The molecule has 0 amide bonds. The van der Waals surface area contributed by atoms with E-state index in [1.807, 2.05) is 48.6 Å². The van der Waals surface area contributed by atoms with Crippen LogP contribution in [0.2, 0.25) is 0 Å². The Bertz CT molecular complexity index is 850. The van der Waals surface area contributed by atoms with Gasteiger partial charge in [0.25, 0.3) is 0 Å². The number of benzene rings is 2. The van der Waals surface area contributed by atoms with Crippen molar-refractivity contribution in [2.24, 2.45) is 0 Å². The minimum Gasteiger partial charge on any atom is -0.289 e. The Kier molecular flexibility index (Phi) is 5.64. The number of hydrogen-bond donors (Lipinski definition) is 0. The van der Waals surface area contributed by atoms with Crippen LogP contribution in [-0.4, -0.2) is 5.78 Å². The molecule has 1 heteroatoms. The van der Waals surface area contributed by atoms with E-state index < -0.39 is 0 Å². The quantitative estimate of drug-likeness (QED) is 0.449. The first-order chi connectivity index (χ1) is 11.7. The number of rotatable bonds is 7. The summed E-state index contributed by atoms with van der Waals surface area (Å²) in [5.74, 6) is -0.0580. The summed E-state index contributed by atoms with van der Waals surface area (Å²) in [6.45, 7) is 15.2. The van der Waals surface area contributed by atoms with Gasteiger partial charge in [-0.2, -0.15) is 0 Å². The lowest BCUT2D eigenvalue weighted by Crippen LogP contribution is -2.07. The third kappa shape index (κ3) is 3.26. The highest BCUT2D eigenvalue weighted by Gasteiger charge is 2.17. The molecule has 2 aromatic rings. The van der Waals surface area contributed by atoms with E-state index >= 15 is 0 Å². The SMILES string of the molecule is C=C/C=C\c1cccc(C(=O)c2cccc(C=C)c2C=C)c1C=C. The maximum Gasteiger partial charge on any atom is 0.194 e. The zero-order valence-electron chi connectivity index (χ0n) is 13.7. The summed E-state index contributed by atoms with van der Waals surface area (Å²) in [4.78, 5) is 13.1. The van der Waals surface area contributed by atoms with Crippen molar-refractivity contribution in [1.82, 2.24) is 0 Å². The molecule has 2 rings (SSSR count). The normalized spacial score (nSPS) is 10.3. The second kappa shape index (κ2) is 7.89. The summed E-state index contributed by atoms with van der Waals surface area (Å²) in [5.41, 5.74) is 4.63. The highest BCUT2D eigenvalue weighted by Crippen LogP contribution is 2.25. The third-order valence-electron chi connectivity index (χ3n) is 3.81. The molecule has 0 unspecified atom stereocenters. The molecule has 24 heavy (non-hydrogen) atoms. The lowest BCUT2D eigenvalue weighted by molar-refractivity contribution is 0.103. The maximum atomic E-state index is 13.1. The molecule has 0 saturated carbocycles. The first kappa shape index (κ1) is 17.2. The van der Waals surface area contributed by atoms with Crippen molar-refractivity contribution in [3.05, 3.63) is 108 Å². The lowest BCUT2D eigenvalue weighted by Gasteiger charge is -2.12.